The van der Waals surface area contributed by atoms with Crippen molar-refractivity contribution in [1.82, 2.24) is 15.2 Å². The van der Waals surface area contributed by atoms with E-state index in [0.29, 0.717) is 0 Å². The molecule has 4 heteroatoms. The van der Waals surface area contributed by atoms with Crippen LogP contribution in [-0.4, -0.2) is 9.78 Å². The average Bonchev–Trinajstić information content (AvgIpc) is 3.04. The summed E-state index contributed by atoms with van der Waals surface area (Å²) in [7, 11) is 0. The third-order valence-electron chi connectivity index (χ3n) is 3.47. The molecule has 0 radical (unpaired) electrons. The molecule has 0 spiro atoms. The van der Waals surface area contributed by atoms with Crippen LogP contribution in [0.2, 0.25) is 0 Å². The highest BCUT2D eigenvalue weighted by Gasteiger charge is 2.14. The topological polar surface area (TPSA) is 55.9 Å². The molecule has 2 aromatic carbocycles. The van der Waals surface area contributed by atoms with E-state index < -0.39 is 0 Å². The van der Waals surface area contributed by atoms with E-state index in [9.17, 15) is 0 Å². The number of para-hydroxylation sites is 1. The molecular formula is C17H18N4. The molecule has 3 rings (SSSR count). The highest BCUT2D eigenvalue weighted by Crippen LogP contribution is 2.17. The summed E-state index contributed by atoms with van der Waals surface area (Å²) in [5.41, 5.74) is 6.06. The first-order valence-electron chi connectivity index (χ1n) is 6.98. The van der Waals surface area contributed by atoms with Crippen molar-refractivity contribution in [3.05, 3.63) is 84.2 Å². The zero-order chi connectivity index (χ0) is 14.5. The summed E-state index contributed by atoms with van der Waals surface area (Å²) >= 11 is 0. The zero-order valence-electron chi connectivity index (χ0n) is 11.7. The fourth-order valence-corrected chi connectivity index (χ4v) is 2.35. The Morgan fingerprint density at radius 2 is 1.62 bits per heavy atom. The van der Waals surface area contributed by atoms with Gasteiger partial charge < -0.3 is 0 Å². The molecule has 0 aliphatic carbocycles. The van der Waals surface area contributed by atoms with Crippen LogP contribution in [0.4, 0.5) is 0 Å². The van der Waals surface area contributed by atoms with Crippen LogP contribution in [0.3, 0.4) is 0 Å². The van der Waals surface area contributed by atoms with Crippen molar-refractivity contribution in [2.24, 2.45) is 5.84 Å². The lowest BCUT2D eigenvalue weighted by Gasteiger charge is -2.13. The van der Waals surface area contributed by atoms with E-state index >= 15 is 0 Å². The molecule has 0 saturated heterocycles. The quantitative estimate of drug-likeness (QED) is 0.557. The van der Waals surface area contributed by atoms with E-state index in [1.54, 1.807) is 0 Å². The molecule has 4 nitrogen and oxygen atoms in total. The number of hydrazine groups is 1. The largest absolute Gasteiger partial charge is 0.271 e. The first-order chi connectivity index (χ1) is 10.4. The maximum absolute atomic E-state index is 5.70. The van der Waals surface area contributed by atoms with E-state index in [1.165, 1.54) is 5.56 Å². The van der Waals surface area contributed by atoms with Crippen molar-refractivity contribution in [1.29, 1.82) is 0 Å². The van der Waals surface area contributed by atoms with Crippen molar-refractivity contribution < 1.29 is 0 Å². The van der Waals surface area contributed by atoms with Gasteiger partial charge in [-0.2, -0.15) is 5.10 Å². The highest BCUT2D eigenvalue weighted by atomic mass is 15.3. The maximum atomic E-state index is 5.70. The summed E-state index contributed by atoms with van der Waals surface area (Å²) in [4.78, 5) is 0. The van der Waals surface area contributed by atoms with Crippen molar-refractivity contribution in [2.75, 3.05) is 0 Å². The zero-order valence-corrected chi connectivity index (χ0v) is 11.7. The van der Waals surface area contributed by atoms with Crippen LogP contribution in [0.5, 0.6) is 0 Å². The Bertz CT molecular complexity index is 676. The van der Waals surface area contributed by atoms with Gasteiger partial charge in [0.2, 0.25) is 0 Å². The Morgan fingerprint density at radius 3 is 2.29 bits per heavy atom. The van der Waals surface area contributed by atoms with Crippen LogP contribution >= 0.6 is 0 Å². The van der Waals surface area contributed by atoms with Crippen molar-refractivity contribution in [2.45, 2.75) is 12.5 Å². The smallest absolute Gasteiger partial charge is 0.0815 e. The third kappa shape index (κ3) is 3.18. The van der Waals surface area contributed by atoms with Gasteiger partial charge in [0, 0.05) is 6.20 Å². The van der Waals surface area contributed by atoms with E-state index in [1.807, 2.05) is 65.5 Å². The van der Waals surface area contributed by atoms with Crippen molar-refractivity contribution in [3.63, 3.8) is 0 Å². The van der Waals surface area contributed by atoms with Crippen LogP contribution < -0.4 is 11.3 Å². The minimum atomic E-state index is -0.00244. The molecule has 0 fully saturated rings. The monoisotopic (exact) mass is 278 g/mol. The minimum Gasteiger partial charge on any atom is -0.271 e. The van der Waals surface area contributed by atoms with Crippen LogP contribution in [0, 0.1) is 0 Å². The fourth-order valence-electron chi connectivity index (χ4n) is 2.35. The molecule has 3 N–H and O–H groups in total. The first kappa shape index (κ1) is 13.5. The lowest BCUT2D eigenvalue weighted by molar-refractivity contribution is 0.533. The number of nitrogens with one attached hydrogen (secondary N) is 1. The predicted molar refractivity (Wildman–Crippen MR) is 83.8 cm³/mol. The van der Waals surface area contributed by atoms with Gasteiger partial charge in [0.1, 0.15) is 0 Å². The van der Waals surface area contributed by atoms with Crippen LogP contribution in [-0.2, 0) is 6.42 Å². The highest BCUT2D eigenvalue weighted by molar-refractivity contribution is 5.31. The fraction of sp³-hybridized carbons (Fsp3) is 0.118. The van der Waals surface area contributed by atoms with Gasteiger partial charge in [-0.3, -0.25) is 11.3 Å². The second-order valence-electron chi connectivity index (χ2n) is 4.93. The van der Waals surface area contributed by atoms with Gasteiger partial charge in [-0.25, -0.2) is 4.68 Å². The molecule has 0 bridgehead atoms. The van der Waals surface area contributed by atoms with E-state index in [-0.39, 0.29) is 6.04 Å². The van der Waals surface area contributed by atoms with E-state index in [0.717, 1.165) is 17.8 Å². The normalized spacial score (nSPS) is 12.2. The summed E-state index contributed by atoms with van der Waals surface area (Å²) in [6, 6.07) is 22.3. The Morgan fingerprint density at radius 1 is 0.952 bits per heavy atom. The second-order valence-corrected chi connectivity index (χ2v) is 4.93. The second kappa shape index (κ2) is 6.35. The number of nitrogens with two attached hydrogens (primary N) is 1. The molecular weight excluding hydrogens is 260 g/mol. The van der Waals surface area contributed by atoms with Gasteiger partial charge in [0.15, 0.2) is 0 Å². The van der Waals surface area contributed by atoms with Gasteiger partial charge >= 0.3 is 0 Å². The van der Waals surface area contributed by atoms with Gasteiger partial charge in [0.05, 0.1) is 17.4 Å². The third-order valence-corrected chi connectivity index (χ3v) is 3.47. The number of nitrogens with zero attached hydrogens (tertiary/aromatic N) is 2. The molecule has 21 heavy (non-hydrogen) atoms. The predicted octanol–water partition coefficient (Wildman–Crippen LogP) is 2.62. The Hall–Kier alpha value is -2.43. The molecule has 1 unspecified atom stereocenters. The van der Waals surface area contributed by atoms with Crippen LogP contribution in [0.1, 0.15) is 17.3 Å². The molecule has 0 aliphatic heterocycles. The summed E-state index contributed by atoms with van der Waals surface area (Å²) in [6.07, 6.45) is 2.77. The minimum absolute atomic E-state index is 0.00244. The Labute approximate surface area is 124 Å². The molecule has 0 aliphatic rings. The number of hydrogen-bond acceptors (Lipinski definition) is 3. The summed E-state index contributed by atoms with van der Waals surface area (Å²) < 4.78 is 1.87. The standard InChI is InChI=1S/C17H18N4/c18-19-17(13-14-7-3-1-4-8-14)16-11-12-21(20-16)15-9-5-2-6-10-15/h1-12,17,19H,13,18H2. The maximum Gasteiger partial charge on any atom is 0.0815 e. The average molecular weight is 278 g/mol. The molecule has 1 aromatic heterocycles. The van der Waals surface area contributed by atoms with Crippen molar-refractivity contribution in [3.8, 4) is 5.69 Å². The first-order valence-corrected chi connectivity index (χ1v) is 6.98. The molecule has 0 amide bonds. The molecule has 3 aromatic rings. The lowest BCUT2D eigenvalue weighted by Crippen LogP contribution is -2.30. The Kier molecular flexibility index (Phi) is 4.09. The summed E-state index contributed by atoms with van der Waals surface area (Å²) in [6.45, 7) is 0. The van der Waals surface area contributed by atoms with Gasteiger partial charge in [0.25, 0.3) is 0 Å². The summed E-state index contributed by atoms with van der Waals surface area (Å²) in [5, 5.41) is 4.62. The van der Waals surface area contributed by atoms with E-state index in [2.05, 4.69) is 22.7 Å². The number of rotatable bonds is 5. The van der Waals surface area contributed by atoms with Crippen LogP contribution in [0.25, 0.3) is 5.69 Å². The van der Waals surface area contributed by atoms with E-state index in [4.69, 9.17) is 5.84 Å². The summed E-state index contributed by atoms with van der Waals surface area (Å²) in [5.74, 6) is 5.70. The van der Waals surface area contributed by atoms with Gasteiger partial charge in [-0.05, 0) is 30.2 Å². The SMILES string of the molecule is NNC(Cc1ccccc1)c1ccn(-c2ccccc2)n1. The number of hydrogen-bond donors (Lipinski definition) is 2. The molecule has 106 valence electrons. The van der Waals surface area contributed by atoms with Crippen molar-refractivity contribution >= 4 is 0 Å². The number of benzene rings is 2. The molecule has 1 heterocycles. The lowest BCUT2D eigenvalue weighted by atomic mass is 10.0. The van der Waals surface area contributed by atoms with Gasteiger partial charge in [-0.15, -0.1) is 0 Å². The number of aromatic nitrogens is 2. The molecule has 1 atom stereocenters. The van der Waals surface area contributed by atoms with Gasteiger partial charge in [-0.1, -0.05) is 48.5 Å². The van der Waals surface area contributed by atoms with Crippen LogP contribution in [0.15, 0.2) is 72.9 Å². The Balaban J connectivity index is 1.81. The molecule has 0 saturated carbocycles.